The van der Waals surface area contributed by atoms with Crippen molar-refractivity contribution in [2.45, 2.75) is 12.5 Å². The van der Waals surface area contributed by atoms with Crippen LogP contribution in [0.4, 0.5) is 0 Å². The number of halogens is 2. The molecule has 7 heteroatoms. The summed E-state index contributed by atoms with van der Waals surface area (Å²) in [5, 5.41) is 7.77. The van der Waals surface area contributed by atoms with Gasteiger partial charge in [0.2, 0.25) is 0 Å². The third kappa shape index (κ3) is 2.95. The molecule has 17 heavy (non-hydrogen) atoms. The first-order valence-corrected chi connectivity index (χ1v) is 5.71. The number of nitrogens with one attached hydrogen (secondary N) is 2. The molecule has 1 aromatic heterocycles. The zero-order chi connectivity index (χ0) is 12.3. The summed E-state index contributed by atoms with van der Waals surface area (Å²) in [6.07, 6.45) is 2.03. The molecule has 4 N–H and O–H groups in total. The average molecular weight is 272 g/mol. The minimum absolute atomic E-state index is 0.170. The topological polar surface area (TPSA) is 79.6 Å². The molecule has 1 heterocycles. The van der Waals surface area contributed by atoms with Gasteiger partial charge < -0.3 is 0 Å². The fourth-order valence-corrected chi connectivity index (χ4v) is 2.01. The lowest BCUT2D eigenvalue weighted by Gasteiger charge is -2.13. The highest BCUT2D eigenvalue weighted by Crippen LogP contribution is 2.24. The number of rotatable bonds is 4. The van der Waals surface area contributed by atoms with Crippen molar-refractivity contribution in [3.63, 3.8) is 0 Å². The molecule has 1 atom stereocenters. The van der Waals surface area contributed by atoms with Crippen molar-refractivity contribution >= 4 is 23.2 Å². The van der Waals surface area contributed by atoms with Gasteiger partial charge in [0.05, 0.1) is 6.04 Å². The minimum atomic E-state index is -0.170. The number of aromatic amines is 1. The van der Waals surface area contributed by atoms with E-state index in [4.69, 9.17) is 29.0 Å². The van der Waals surface area contributed by atoms with Crippen molar-refractivity contribution in [2.24, 2.45) is 5.84 Å². The van der Waals surface area contributed by atoms with E-state index in [0.29, 0.717) is 22.3 Å². The van der Waals surface area contributed by atoms with Crippen LogP contribution in [0.3, 0.4) is 0 Å². The molecule has 0 saturated carbocycles. The fourth-order valence-electron chi connectivity index (χ4n) is 1.52. The van der Waals surface area contributed by atoms with Gasteiger partial charge in [-0.05, 0) is 24.1 Å². The molecule has 0 aliphatic carbocycles. The van der Waals surface area contributed by atoms with Crippen molar-refractivity contribution in [1.82, 2.24) is 20.6 Å². The Morgan fingerprint density at radius 3 is 2.82 bits per heavy atom. The lowest BCUT2D eigenvalue weighted by molar-refractivity contribution is 0.525. The monoisotopic (exact) mass is 271 g/mol. The van der Waals surface area contributed by atoms with Crippen LogP contribution in [0.2, 0.25) is 10.0 Å². The Bertz CT molecular complexity index is 485. The zero-order valence-electron chi connectivity index (χ0n) is 8.82. The molecule has 0 saturated heterocycles. The van der Waals surface area contributed by atoms with E-state index in [0.717, 1.165) is 5.56 Å². The summed E-state index contributed by atoms with van der Waals surface area (Å²) in [7, 11) is 0. The Morgan fingerprint density at radius 2 is 2.24 bits per heavy atom. The van der Waals surface area contributed by atoms with Crippen molar-refractivity contribution in [2.75, 3.05) is 0 Å². The smallest absolute Gasteiger partial charge is 0.143 e. The number of H-pyrrole nitrogens is 1. The summed E-state index contributed by atoms with van der Waals surface area (Å²) in [5.74, 6) is 6.15. The van der Waals surface area contributed by atoms with Crippen molar-refractivity contribution in [1.29, 1.82) is 0 Å². The third-order valence-electron chi connectivity index (χ3n) is 2.40. The molecular weight excluding hydrogens is 261 g/mol. The fraction of sp³-hybridized carbons (Fsp3) is 0.200. The number of hydrogen-bond acceptors (Lipinski definition) is 4. The molecule has 2 rings (SSSR count). The molecule has 5 nitrogen and oxygen atoms in total. The molecule has 0 amide bonds. The predicted octanol–water partition coefficient (Wildman–Crippen LogP) is 1.86. The Kier molecular flexibility index (Phi) is 3.96. The molecule has 0 spiro atoms. The number of aromatic nitrogens is 3. The maximum atomic E-state index is 6.09. The van der Waals surface area contributed by atoms with Gasteiger partial charge in [-0.1, -0.05) is 29.3 Å². The SMILES string of the molecule is NNC(Cc1ccc(Cl)cc1Cl)c1ncn[nH]1. The summed E-state index contributed by atoms with van der Waals surface area (Å²) in [6.45, 7) is 0. The van der Waals surface area contributed by atoms with Gasteiger partial charge in [-0.25, -0.2) is 10.4 Å². The molecule has 0 fully saturated rings. The van der Waals surface area contributed by atoms with Gasteiger partial charge in [0.15, 0.2) is 0 Å². The second-order valence-corrected chi connectivity index (χ2v) is 4.37. The third-order valence-corrected chi connectivity index (χ3v) is 2.99. The van der Waals surface area contributed by atoms with E-state index in [1.807, 2.05) is 6.07 Å². The number of hydrogen-bond donors (Lipinski definition) is 3. The molecule has 1 aromatic carbocycles. The van der Waals surface area contributed by atoms with E-state index in [2.05, 4.69) is 20.6 Å². The van der Waals surface area contributed by atoms with E-state index in [9.17, 15) is 0 Å². The maximum Gasteiger partial charge on any atom is 0.143 e. The first-order chi connectivity index (χ1) is 8.20. The summed E-state index contributed by atoms with van der Waals surface area (Å²) >= 11 is 11.9. The lowest BCUT2D eigenvalue weighted by atomic mass is 10.1. The second-order valence-electron chi connectivity index (χ2n) is 3.53. The van der Waals surface area contributed by atoms with E-state index >= 15 is 0 Å². The van der Waals surface area contributed by atoms with Crippen LogP contribution in [0.5, 0.6) is 0 Å². The van der Waals surface area contributed by atoms with E-state index in [-0.39, 0.29) is 6.04 Å². The standard InChI is InChI=1S/C10H11Cl2N5/c11-7-2-1-6(8(12)4-7)3-9(16-13)10-14-5-15-17-10/h1-2,4-5,9,16H,3,13H2,(H,14,15,17). The quantitative estimate of drug-likeness (QED) is 0.586. The highest BCUT2D eigenvalue weighted by Gasteiger charge is 2.15. The number of benzene rings is 1. The van der Waals surface area contributed by atoms with Crippen molar-refractivity contribution in [3.05, 3.63) is 46.0 Å². The van der Waals surface area contributed by atoms with Gasteiger partial charge in [0.1, 0.15) is 12.2 Å². The predicted molar refractivity (Wildman–Crippen MR) is 66.6 cm³/mol. The number of nitrogens with two attached hydrogens (primary N) is 1. The van der Waals surface area contributed by atoms with Gasteiger partial charge in [-0.3, -0.25) is 10.9 Å². The summed E-state index contributed by atoms with van der Waals surface area (Å²) in [4.78, 5) is 4.05. The van der Waals surface area contributed by atoms with Gasteiger partial charge in [0.25, 0.3) is 0 Å². The molecule has 90 valence electrons. The molecule has 0 radical (unpaired) electrons. The lowest BCUT2D eigenvalue weighted by Crippen LogP contribution is -2.30. The van der Waals surface area contributed by atoms with Crippen molar-refractivity contribution < 1.29 is 0 Å². The van der Waals surface area contributed by atoms with Gasteiger partial charge in [-0.2, -0.15) is 5.10 Å². The Labute approximate surface area is 108 Å². The number of nitrogens with zero attached hydrogens (tertiary/aromatic N) is 2. The largest absolute Gasteiger partial charge is 0.271 e. The highest BCUT2D eigenvalue weighted by atomic mass is 35.5. The molecule has 1 unspecified atom stereocenters. The van der Waals surface area contributed by atoms with Crippen LogP contribution in [0, 0.1) is 0 Å². The number of hydrazine groups is 1. The Balaban J connectivity index is 2.19. The van der Waals surface area contributed by atoms with Crippen molar-refractivity contribution in [3.8, 4) is 0 Å². The summed E-state index contributed by atoms with van der Waals surface area (Å²) in [6, 6.07) is 5.19. The van der Waals surface area contributed by atoms with Crippen LogP contribution in [0.15, 0.2) is 24.5 Å². The van der Waals surface area contributed by atoms with Gasteiger partial charge in [-0.15, -0.1) is 0 Å². The first-order valence-electron chi connectivity index (χ1n) is 4.96. The molecular formula is C10H11Cl2N5. The van der Waals surface area contributed by atoms with E-state index in [1.165, 1.54) is 6.33 Å². The highest BCUT2D eigenvalue weighted by molar-refractivity contribution is 6.35. The zero-order valence-corrected chi connectivity index (χ0v) is 10.3. The minimum Gasteiger partial charge on any atom is -0.271 e. The first kappa shape index (κ1) is 12.3. The summed E-state index contributed by atoms with van der Waals surface area (Å²) < 4.78 is 0. The van der Waals surface area contributed by atoms with E-state index in [1.54, 1.807) is 12.1 Å². The van der Waals surface area contributed by atoms with Crippen LogP contribution in [0.1, 0.15) is 17.4 Å². The summed E-state index contributed by atoms with van der Waals surface area (Å²) in [5.41, 5.74) is 3.61. The average Bonchev–Trinajstić information content (AvgIpc) is 2.81. The second kappa shape index (κ2) is 5.46. The van der Waals surface area contributed by atoms with Crippen LogP contribution in [0.25, 0.3) is 0 Å². The Morgan fingerprint density at radius 1 is 1.41 bits per heavy atom. The van der Waals surface area contributed by atoms with Gasteiger partial charge in [0, 0.05) is 10.0 Å². The van der Waals surface area contributed by atoms with Crippen LogP contribution < -0.4 is 11.3 Å². The molecule has 0 aliphatic heterocycles. The van der Waals surface area contributed by atoms with E-state index < -0.39 is 0 Å². The van der Waals surface area contributed by atoms with Gasteiger partial charge >= 0.3 is 0 Å². The molecule has 0 bridgehead atoms. The Hall–Kier alpha value is -1.14. The molecule has 2 aromatic rings. The van der Waals surface area contributed by atoms with Crippen LogP contribution >= 0.6 is 23.2 Å². The van der Waals surface area contributed by atoms with Crippen LogP contribution in [-0.2, 0) is 6.42 Å². The molecule has 0 aliphatic rings. The maximum absolute atomic E-state index is 6.09. The normalized spacial score (nSPS) is 12.6. The van der Waals surface area contributed by atoms with Crippen LogP contribution in [-0.4, -0.2) is 15.2 Å².